The van der Waals surface area contributed by atoms with E-state index in [2.05, 4.69) is 60.3 Å². The van der Waals surface area contributed by atoms with Crippen LogP contribution in [0.5, 0.6) is 0 Å². The van der Waals surface area contributed by atoms with Crippen molar-refractivity contribution in [2.24, 2.45) is 10.9 Å². The van der Waals surface area contributed by atoms with Crippen molar-refractivity contribution < 1.29 is 9.59 Å². The molecule has 0 aliphatic heterocycles. The molecule has 0 aromatic carbocycles. The summed E-state index contributed by atoms with van der Waals surface area (Å²) in [6.07, 6.45) is 20.0. The average Bonchev–Trinajstić information content (AvgIpc) is 2.93. The lowest BCUT2D eigenvalue weighted by molar-refractivity contribution is -0.848. The van der Waals surface area contributed by atoms with Crippen molar-refractivity contribution in [2.75, 3.05) is 45.9 Å². The number of aliphatic imine (C=N–C) groups is 1. The molecule has 224 valence electrons. The van der Waals surface area contributed by atoms with E-state index < -0.39 is 0 Å². The quantitative estimate of drug-likeness (QED) is 0.0578. The highest BCUT2D eigenvalue weighted by Crippen LogP contribution is 2.21. The Labute approximate surface area is 235 Å². The van der Waals surface area contributed by atoms with Gasteiger partial charge in [-0.25, -0.2) is 4.99 Å². The number of unbranched alkanes of at least 4 members (excludes halogenated alkanes) is 7. The van der Waals surface area contributed by atoms with Gasteiger partial charge in [0, 0.05) is 19.6 Å². The molecule has 1 unspecified atom stereocenters. The molecule has 0 radical (unpaired) electrons. The Hall–Kier alpha value is -0.610. The second-order valence-corrected chi connectivity index (χ2v) is 11.2. The van der Waals surface area contributed by atoms with E-state index >= 15 is 0 Å². The smallest absolute Gasteiger partial charge is 0.300 e. The normalized spacial score (nSPS) is 12.8. The van der Waals surface area contributed by atoms with Crippen LogP contribution >= 0.6 is 0 Å². The van der Waals surface area contributed by atoms with Gasteiger partial charge in [-0.3, -0.25) is 4.48 Å². The van der Waals surface area contributed by atoms with Crippen LogP contribution in [0.4, 0.5) is 0 Å². The molecule has 0 aliphatic carbocycles. The Morgan fingerprint density at radius 1 is 0.622 bits per heavy atom. The van der Waals surface area contributed by atoms with Crippen molar-refractivity contribution in [1.29, 1.82) is 0 Å². The summed E-state index contributed by atoms with van der Waals surface area (Å²) in [7, 11) is 0. The fourth-order valence-corrected chi connectivity index (χ4v) is 4.81. The van der Waals surface area contributed by atoms with E-state index in [1.54, 1.807) is 0 Å². The van der Waals surface area contributed by atoms with Gasteiger partial charge in [0.05, 0.1) is 19.6 Å². The summed E-state index contributed by atoms with van der Waals surface area (Å²) < 4.78 is 1.15. The second-order valence-electron chi connectivity index (χ2n) is 11.2. The van der Waals surface area contributed by atoms with Crippen molar-refractivity contribution in [3.8, 4) is 0 Å². The van der Waals surface area contributed by atoms with Crippen LogP contribution < -0.4 is 5.11 Å². The predicted octanol–water partition coefficient (Wildman–Crippen LogP) is 8.82. The molecular formula is C33H71N3O. The van der Waals surface area contributed by atoms with Gasteiger partial charge in [0.1, 0.15) is 0 Å². The number of guanidine groups is 1. The predicted molar refractivity (Wildman–Crippen MR) is 166 cm³/mol. The molecule has 1 atom stereocenters. The van der Waals surface area contributed by atoms with Gasteiger partial charge < -0.3 is 10.0 Å². The summed E-state index contributed by atoms with van der Waals surface area (Å²) in [4.78, 5) is 8.08. The Balaban J connectivity index is 0. The fraction of sp³-hybridized carbons (Fsp3) is 0.970. The van der Waals surface area contributed by atoms with E-state index in [-0.39, 0.29) is 6.61 Å². The largest absolute Gasteiger partial charge is 0.854 e. The lowest BCUT2D eigenvalue weighted by Gasteiger charge is -2.43. The lowest BCUT2D eigenvalue weighted by atomic mass is 10.0. The van der Waals surface area contributed by atoms with Gasteiger partial charge in [-0.2, -0.15) is 0 Å². The standard InChI is InChI=1S/C25H54N3.C8H17O/c1-7-13-19-26-25(27(20-14-8-2)21-15-9-3)28(22-16-10-4,23-17-11-5)24-18-12-6;1-3-5-6-8(4-2)7-9/h7-24H2,1-6H3;8H,3-7H2,1-2H3/q+1;-1. The zero-order chi connectivity index (χ0) is 28.2. The van der Waals surface area contributed by atoms with Crippen molar-refractivity contribution in [3.63, 3.8) is 0 Å². The second kappa shape index (κ2) is 28.4. The fourth-order valence-electron chi connectivity index (χ4n) is 4.81. The van der Waals surface area contributed by atoms with Gasteiger partial charge in [0.15, 0.2) is 0 Å². The first-order valence-corrected chi connectivity index (χ1v) is 16.7. The Kier molecular flexibility index (Phi) is 29.6. The number of rotatable bonds is 23. The van der Waals surface area contributed by atoms with Gasteiger partial charge in [-0.1, -0.05) is 126 Å². The third-order valence-electron chi connectivity index (χ3n) is 7.63. The zero-order valence-electron chi connectivity index (χ0n) is 27.1. The van der Waals surface area contributed by atoms with E-state index in [1.165, 1.54) is 129 Å². The number of hydrogen-bond acceptors (Lipinski definition) is 2. The van der Waals surface area contributed by atoms with E-state index in [1.807, 2.05) is 0 Å². The van der Waals surface area contributed by atoms with Gasteiger partial charge in [0.25, 0.3) is 5.96 Å². The maximum atomic E-state index is 10.4. The summed E-state index contributed by atoms with van der Waals surface area (Å²) in [5, 5.41) is 10.4. The summed E-state index contributed by atoms with van der Waals surface area (Å²) >= 11 is 0. The van der Waals surface area contributed by atoms with Crippen LogP contribution in [0.25, 0.3) is 0 Å². The van der Waals surface area contributed by atoms with E-state index in [9.17, 15) is 5.11 Å². The molecule has 0 fully saturated rings. The lowest BCUT2D eigenvalue weighted by Crippen LogP contribution is -2.61. The molecule has 4 nitrogen and oxygen atoms in total. The highest BCUT2D eigenvalue weighted by Gasteiger charge is 2.36. The number of quaternary nitrogens is 1. The van der Waals surface area contributed by atoms with Crippen LogP contribution in [0.15, 0.2) is 4.99 Å². The maximum absolute atomic E-state index is 10.4. The van der Waals surface area contributed by atoms with Crippen LogP contribution in [-0.4, -0.2) is 61.2 Å². The van der Waals surface area contributed by atoms with Crippen LogP contribution in [-0.2, 0) is 0 Å². The first kappa shape index (κ1) is 38.5. The highest BCUT2D eigenvalue weighted by atomic mass is 16.3. The third-order valence-corrected chi connectivity index (χ3v) is 7.63. The molecule has 0 N–H and O–H groups in total. The molecule has 0 amide bonds. The Morgan fingerprint density at radius 3 is 1.41 bits per heavy atom. The van der Waals surface area contributed by atoms with Gasteiger partial charge >= 0.3 is 0 Å². The summed E-state index contributed by atoms with van der Waals surface area (Å²) in [6, 6.07) is 0. The molecule has 0 bridgehead atoms. The minimum atomic E-state index is 0.122. The molecule has 0 aliphatic rings. The molecular weight excluding hydrogens is 454 g/mol. The molecule has 4 heteroatoms. The van der Waals surface area contributed by atoms with Crippen molar-refractivity contribution in [1.82, 2.24) is 4.90 Å². The SMILES string of the molecule is CCCCC(CC)C[O-].CCCCN=C(N(CCCC)CCCC)[N+](CCCC)(CCCC)CCCC. The number of nitrogens with zero attached hydrogens (tertiary/aromatic N) is 3. The molecule has 0 aromatic rings. The minimum absolute atomic E-state index is 0.122. The van der Waals surface area contributed by atoms with Gasteiger partial charge in [-0.15, -0.1) is 6.61 Å². The summed E-state index contributed by atoms with van der Waals surface area (Å²) in [5.41, 5.74) is 0. The Bertz CT molecular complexity index is 446. The van der Waals surface area contributed by atoms with Gasteiger partial charge in [0.2, 0.25) is 0 Å². The molecule has 0 rings (SSSR count). The minimum Gasteiger partial charge on any atom is -0.854 e. The molecule has 0 aromatic heterocycles. The number of hydrogen-bond donors (Lipinski definition) is 0. The van der Waals surface area contributed by atoms with Crippen molar-refractivity contribution in [2.45, 2.75) is 158 Å². The average molecular weight is 526 g/mol. The molecule has 0 saturated heterocycles. The summed E-state index contributed by atoms with van der Waals surface area (Å²) in [6.45, 7) is 25.5. The molecule has 0 heterocycles. The topological polar surface area (TPSA) is 38.7 Å². The van der Waals surface area contributed by atoms with E-state index in [4.69, 9.17) is 4.99 Å². The first-order valence-electron chi connectivity index (χ1n) is 16.7. The van der Waals surface area contributed by atoms with Crippen LogP contribution in [0, 0.1) is 5.92 Å². The monoisotopic (exact) mass is 526 g/mol. The molecule has 37 heavy (non-hydrogen) atoms. The molecule has 0 saturated carbocycles. The third kappa shape index (κ3) is 19.2. The van der Waals surface area contributed by atoms with Gasteiger partial charge in [-0.05, 0) is 38.5 Å². The van der Waals surface area contributed by atoms with E-state index in [0.29, 0.717) is 5.92 Å². The highest BCUT2D eigenvalue weighted by molar-refractivity contribution is 5.73. The summed E-state index contributed by atoms with van der Waals surface area (Å²) in [5.74, 6) is 1.90. The van der Waals surface area contributed by atoms with Crippen LogP contribution in [0.2, 0.25) is 0 Å². The van der Waals surface area contributed by atoms with Crippen molar-refractivity contribution >= 4 is 5.96 Å². The van der Waals surface area contributed by atoms with E-state index in [0.717, 1.165) is 23.9 Å². The maximum Gasteiger partial charge on any atom is 0.300 e. The van der Waals surface area contributed by atoms with Crippen LogP contribution in [0.3, 0.4) is 0 Å². The van der Waals surface area contributed by atoms with Crippen molar-refractivity contribution in [3.05, 3.63) is 0 Å². The first-order chi connectivity index (χ1) is 18.0. The zero-order valence-corrected chi connectivity index (χ0v) is 27.1. The Morgan fingerprint density at radius 2 is 1.05 bits per heavy atom. The molecule has 0 spiro atoms. The van der Waals surface area contributed by atoms with Crippen LogP contribution in [0.1, 0.15) is 158 Å².